The van der Waals surface area contributed by atoms with Crippen molar-refractivity contribution < 1.29 is 19.2 Å². The SMILES string of the molecule is Cc1cc2c(c([N+](=O)[O-])c1C)COC(=O)C(=O)N2. The lowest BCUT2D eigenvalue weighted by atomic mass is 10.0. The Morgan fingerprint density at radius 3 is 2.67 bits per heavy atom. The zero-order valence-electron chi connectivity index (χ0n) is 9.77. The van der Waals surface area contributed by atoms with E-state index in [1.54, 1.807) is 19.9 Å². The van der Waals surface area contributed by atoms with Gasteiger partial charge in [-0.25, -0.2) is 4.79 Å². The summed E-state index contributed by atoms with van der Waals surface area (Å²) in [4.78, 5) is 33.0. The van der Waals surface area contributed by atoms with Crippen molar-refractivity contribution in [1.82, 2.24) is 0 Å². The Bertz CT molecular complexity index is 579. The van der Waals surface area contributed by atoms with Gasteiger partial charge < -0.3 is 10.1 Å². The predicted octanol–water partition coefficient (Wildman–Crippen LogP) is 1.21. The second-order valence-corrected chi connectivity index (χ2v) is 3.98. The summed E-state index contributed by atoms with van der Waals surface area (Å²) in [6.07, 6.45) is 0. The highest BCUT2D eigenvalue weighted by Crippen LogP contribution is 2.34. The molecule has 1 aromatic rings. The van der Waals surface area contributed by atoms with Gasteiger partial charge in [0, 0.05) is 5.56 Å². The van der Waals surface area contributed by atoms with Crippen LogP contribution >= 0.6 is 0 Å². The van der Waals surface area contributed by atoms with Crippen molar-refractivity contribution in [1.29, 1.82) is 0 Å². The van der Waals surface area contributed by atoms with Crippen molar-refractivity contribution in [2.45, 2.75) is 20.5 Å². The highest BCUT2D eigenvalue weighted by molar-refractivity contribution is 6.37. The number of rotatable bonds is 1. The van der Waals surface area contributed by atoms with Crippen LogP contribution in [0.1, 0.15) is 16.7 Å². The number of hydrogen-bond acceptors (Lipinski definition) is 5. The summed E-state index contributed by atoms with van der Waals surface area (Å²) in [6.45, 7) is 3.02. The second kappa shape index (κ2) is 4.10. The molecule has 1 aromatic carbocycles. The average molecular weight is 250 g/mol. The van der Waals surface area contributed by atoms with Crippen molar-refractivity contribution in [3.63, 3.8) is 0 Å². The van der Waals surface area contributed by atoms with Crippen LogP contribution in [0, 0.1) is 24.0 Å². The van der Waals surface area contributed by atoms with E-state index in [-0.39, 0.29) is 23.5 Å². The molecule has 0 atom stereocenters. The van der Waals surface area contributed by atoms with E-state index < -0.39 is 16.8 Å². The lowest BCUT2D eigenvalue weighted by molar-refractivity contribution is -0.386. The van der Waals surface area contributed by atoms with E-state index in [1.165, 1.54) is 0 Å². The maximum atomic E-state index is 11.3. The maximum absolute atomic E-state index is 11.3. The van der Waals surface area contributed by atoms with Gasteiger partial charge in [0.05, 0.1) is 16.2 Å². The van der Waals surface area contributed by atoms with Gasteiger partial charge in [0.25, 0.3) is 5.69 Å². The number of fused-ring (bicyclic) bond motifs is 1. The van der Waals surface area contributed by atoms with E-state index in [0.717, 1.165) is 0 Å². The smallest absolute Gasteiger partial charge is 0.397 e. The molecule has 1 aliphatic heterocycles. The molecule has 1 heterocycles. The molecule has 1 aliphatic rings. The Labute approximate surface area is 102 Å². The zero-order chi connectivity index (χ0) is 13.4. The molecule has 7 heteroatoms. The fourth-order valence-electron chi connectivity index (χ4n) is 1.83. The monoisotopic (exact) mass is 250 g/mol. The number of carbonyl (C=O) groups excluding carboxylic acids is 2. The Morgan fingerprint density at radius 1 is 1.39 bits per heavy atom. The van der Waals surface area contributed by atoms with Gasteiger partial charge in [-0.2, -0.15) is 0 Å². The first kappa shape index (κ1) is 12.0. The topological polar surface area (TPSA) is 98.5 Å². The molecule has 1 amide bonds. The number of benzene rings is 1. The number of esters is 1. The quantitative estimate of drug-likeness (QED) is 0.349. The Hall–Kier alpha value is -2.44. The molecule has 0 spiro atoms. The minimum atomic E-state index is -1.05. The minimum Gasteiger partial charge on any atom is -0.453 e. The molecule has 0 unspecified atom stereocenters. The van der Waals surface area contributed by atoms with E-state index in [1.807, 2.05) is 0 Å². The van der Waals surface area contributed by atoms with Gasteiger partial charge in [0.15, 0.2) is 0 Å². The van der Waals surface area contributed by atoms with Crippen molar-refractivity contribution >= 4 is 23.3 Å². The Kier molecular flexibility index (Phi) is 2.74. The zero-order valence-corrected chi connectivity index (χ0v) is 9.77. The molecule has 0 radical (unpaired) electrons. The molecule has 0 fully saturated rings. The second-order valence-electron chi connectivity index (χ2n) is 3.98. The molecule has 0 aromatic heterocycles. The molecule has 2 rings (SSSR count). The van der Waals surface area contributed by atoms with Crippen molar-refractivity contribution in [2.75, 3.05) is 5.32 Å². The van der Waals surface area contributed by atoms with Crippen molar-refractivity contribution in [3.05, 3.63) is 32.9 Å². The predicted molar refractivity (Wildman–Crippen MR) is 61.0 cm³/mol. The van der Waals surface area contributed by atoms with E-state index in [4.69, 9.17) is 0 Å². The number of anilines is 1. The summed E-state index contributed by atoms with van der Waals surface area (Å²) >= 11 is 0. The lowest BCUT2D eigenvalue weighted by Crippen LogP contribution is -2.22. The number of aryl methyl sites for hydroxylation is 1. The molecule has 0 saturated heterocycles. The van der Waals surface area contributed by atoms with Crippen LogP contribution < -0.4 is 5.32 Å². The molecule has 0 aliphatic carbocycles. The first-order valence-electron chi connectivity index (χ1n) is 5.17. The van der Waals surface area contributed by atoms with Crippen LogP contribution in [0.25, 0.3) is 0 Å². The standard InChI is InChI=1S/C11H10N2O5/c1-5-3-8-7(9(6(5)2)13(16)17)4-18-11(15)10(14)12-8/h3H,4H2,1-2H3,(H,12,14). The first-order chi connectivity index (χ1) is 8.41. The summed E-state index contributed by atoms with van der Waals surface area (Å²) in [5.41, 5.74) is 1.49. The lowest BCUT2D eigenvalue weighted by Gasteiger charge is -2.10. The van der Waals surface area contributed by atoms with Crippen LogP contribution in [0.4, 0.5) is 11.4 Å². The third-order valence-electron chi connectivity index (χ3n) is 2.88. The molecule has 7 nitrogen and oxygen atoms in total. The molecular formula is C11H10N2O5. The fraction of sp³-hybridized carbons (Fsp3) is 0.273. The van der Waals surface area contributed by atoms with Gasteiger partial charge in [0.1, 0.15) is 6.61 Å². The van der Waals surface area contributed by atoms with E-state index in [0.29, 0.717) is 11.1 Å². The van der Waals surface area contributed by atoms with Gasteiger partial charge in [-0.3, -0.25) is 14.9 Å². The van der Waals surface area contributed by atoms with Gasteiger partial charge in [-0.1, -0.05) is 0 Å². The van der Waals surface area contributed by atoms with Gasteiger partial charge in [-0.15, -0.1) is 0 Å². The number of nitro benzene ring substituents is 1. The molecule has 18 heavy (non-hydrogen) atoms. The third-order valence-corrected chi connectivity index (χ3v) is 2.88. The summed E-state index contributed by atoms with van der Waals surface area (Å²) in [6, 6.07) is 1.59. The van der Waals surface area contributed by atoms with Crippen LogP contribution in [-0.4, -0.2) is 16.8 Å². The summed E-state index contributed by atoms with van der Waals surface area (Å²) < 4.78 is 4.67. The van der Waals surface area contributed by atoms with Crippen molar-refractivity contribution in [2.24, 2.45) is 0 Å². The largest absolute Gasteiger partial charge is 0.453 e. The summed E-state index contributed by atoms with van der Waals surface area (Å²) in [5.74, 6) is -1.97. The number of carbonyl (C=O) groups is 2. The highest BCUT2D eigenvalue weighted by Gasteiger charge is 2.29. The normalized spacial score (nSPS) is 14.3. The van der Waals surface area contributed by atoms with E-state index in [2.05, 4.69) is 10.1 Å². The van der Waals surface area contributed by atoms with E-state index in [9.17, 15) is 19.7 Å². The fourth-order valence-corrected chi connectivity index (χ4v) is 1.83. The van der Waals surface area contributed by atoms with Gasteiger partial charge in [-0.05, 0) is 25.5 Å². The number of amides is 1. The number of nitro groups is 1. The molecule has 94 valence electrons. The molecule has 0 bridgehead atoms. The minimum absolute atomic E-state index is 0.125. The number of nitrogens with one attached hydrogen (secondary N) is 1. The average Bonchev–Trinajstić information content (AvgIpc) is 2.41. The first-order valence-corrected chi connectivity index (χ1v) is 5.17. The van der Waals surface area contributed by atoms with Crippen LogP contribution in [-0.2, 0) is 20.9 Å². The van der Waals surface area contributed by atoms with Crippen LogP contribution in [0.5, 0.6) is 0 Å². The third kappa shape index (κ3) is 1.79. The number of nitrogens with zero attached hydrogens (tertiary/aromatic N) is 1. The molecule has 0 saturated carbocycles. The van der Waals surface area contributed by atoms with Crippen LogP contribution in [0.2, 0.25) is 0 Å². The molecule has 1 N–H and O–H groups in total. The summed E-state index contributed by atoms with van der Waals surface area (Å²) in [7, 11) is 0. The number of hydrogen-bond donors (Lipinski definition) is 1. The maximum Gasteiger partial charge on any atom is 0.397 e. The van der Waals surface area contributed by atoms with Gasteiger partial charge in [0.2, 0.25) is 0 Å². The number of cyclic esters (lactones) is 1. The Morgan fingerprint density at radius 2 is 2.06 bits per heavy atom. The number of ether oxygens (including phenoxy) is 1. The Balaban J connectivity index is 2.68. The van der Waals surface area contributed by atoms with Crippen LogP contribution in [0.15, 0.2) is 6.07 Å². The van der Waals surface area contributed by atoms with Crippen LogP contribution in [0.3, 0.4) is 0 Å². The van der Waals surface area contributed by atoms with Crippen molar-refractivity contribution in [3.8, 4) is 0 Å². The van der Waals surface area contributed by atoms with E-state index >= 15 is 0 Å². The van der Waals surface area contributed by atoms with Gasteiger partial charge >= 0.3 is 11.9 Å². The highest BCUT2D eigenvalue weighted by atomic mass is 16.6. The molecular weight excluding hydrogens is 240 g/mol. The summed E-state index contributed by atoms with van der Waals surface area (Å²) in [5, 5.41) is 13.4.